The van der Waals surface area contributed by atoms with Crippen LogP contribution in [0.2, 0.25) is 0 Å². The Morgan fingerprint density at radius 3 is 2.38 bits per heavy atom. The summed E-state index contributed by atoms with van der Waals surface area (Å²) in [7, 11) is 3.28. The predicted molar refractivity (Wildman–Crippen MR) is 121 cm³/mol. The molecule has 6 heteroatoms. The molecule has 168 valence electrons. The molecule has 1 heterocycles. The summed E-state index contributed by atoms with van der Waals surface area (Å²) in [5.74, 6) is 1.63. The van der Waals surface area contributed by atoms with E-state index in [4.69, 9.17) is 14.2 Å². The molecule has 3 aromatic carbocycles. The topological polar surface area (TPSA) is 51.2 Å². The number of hydrogen-bond donors (Lipinski definition) is 1. The van der Waals surface area contributed by atoms with Gasteiger partial charge in [0.1, 0.15) is 24.3 Å². The third kappa shape index (κ3) is 4.87. The molecule has 2 atom stereocenters. The van der Waals surface area contributed by atoms with Crippen molar-refractivity contribution in [2.75, 3.05) is 33.9 Å². The fraction of sp³-hybridized carbons (Fsp3) is 0.308. The van der Waals surface area contributed by atoms with Gasteiger partial charge in [-0.3, -0.25) is 4.90 Å². The summed E-state index contributed by atoms with van der Waals surface area (Å²) in [5, 5.41) is 10.7. The number of halogens is 1. The van der Waals surface area contributed by atoms with Crippen LogP contribution < -0.4 is 14.2 Å². The van der Waals surface area contributed by atoms with Gasteiger partial charge >= 0.3 is 0 Å². The number of methoxy groups -OCH3 is 2. The molecule has 0 aromatic heterocycles. The van der Waals surface area contributed by atoms with Crippen molar-refractivity contribution in [2.45, 2.75) is 18.6 Å². The molecule has 0 aliphatic carbocycles. The lowest BCUT2D eigenvalue weighted by atomic mass is 9.87. The van der Waals surface area contributed by atoms with Crippen LogP contribution in [-0.4, -0.2) is 50.0 Å². The second-order valence-electron chi connectivity index (χ2n) is 7.88. The highest BCUT2D eigenvalue weighted by molar-refractivity contribution is 5.51. The van der Waals surface area contributed by atoms with Crippen molar-refractivity contribution in [2.24, 2.45) is 0 Å². The first-order valence-corrected chi connectivity index (χ1v) is 10.7. The second-order valence-corrected chi connectivity index (χ2v) is 7.88. The monoisotopic (exact) mass is 437 g/mol. The molecular weight excluding hydrogens is 409 g/mol. The summed E-state index contributed by atoms with van der Waals surface area (Å²) in [6.07, 6.45) is 0.137. The van der Waals surface area contributed by atoms with Gasteiger partial charge in [0.25, 0.3) is 0 Å². The zero-order valence-electron chi connectivity index (χ0n) is 18.3. The Kier molecular flexibility index (Phi) is 6.93. The number of aliphatic hydroxyl groups excluding tert-OH is 1. The van der Waals surface area contributed by atoms with E-state index in [-0.39, 0.29) is 18.5 Å². The lowest BCUT2D eigenvalue weighted by Crippen LogP contribution is -2.42. The van der Waals surface area contributed by atoms with Gasteiger partial charge in [0.15, 0.2) is 11.5 Å². The van der Waals surface area contributed by atoms with Gasteiger partial charge in [0.05, 0.1) is 20.3 Å². The Balaban J connectivity index is 1.57. The zero-order valence-corrected chi connectivity index (χ0v) is 18.3. The summed E-state index contributed by atoms with van der Waals surface area (Å²) in [4.78, 5) is 2.27. The molecule has 4 rings (SSSR count). The van der Waals surface area contributed by atoms with Crippen LogP contribution in [0, 0.1) is 5.82 Å². The van der Waals surface area contributed by atoms with E-state index in [0.717, 1.165) is 29.8 Å². The predicted octanol–water partition coefficient (Wildman–Crippen LogP) is 4.23. The minimum Gasteiger partial charge on any atom is -0.493 e. The molecule has 0 spiro atoms. The highest BCUT2D eigenvalue weighted by Crippen LogP contribution is 2.41. The molecule has 0 radical (unpaired) electrons. The van der Waals surface area contributed by atoms with Crippen molar-refractivity contribution < 1.29 is 23.7 Å². The van der Waals surface area contributed by atoms with Crippen LogP contribution >= 0.6 is 0 Å². The quantitative estimate of drug-likeness (QED) is 0.572. The van der Waals surface area contributed by atoms with Gasteiger partial charge in [-0.15, -0.1) is 0 Å². The molecule has 2 unspecified atom stereocenters. The molecule has 1 N–H and O–H groups in total. The van der Waals surface area contributed by atoms with Gasteiger partial charge in [-0.25, -0.2) is 4.39 Å². The van der Waals surface area contributed by atoms with Crippen molar-refractivity contribution in [1.29, 1.82) is 0 Å². The normalized spacial score (nSPS) is 16.8. The molecule has 0 saturated heterocycles. The molecule has 5 nitrogen and oxygen atoms in total. The Morgan fingerprint density at radius 2 is 1.69 bits per heavy atom. The number of ether oxygens (including phenoxy) is 3. The van der Waals surface area contributed by atoms with Gasteiger partial charge in [0.2, 0.25) is 0 Å². The van der Waals surface area contributed by atoms with Crippen LogP contribution in [0.15, 0.2) is 66.7 Å². The van der Waals surface area contributed by atoms with Gasteiger partial charge in [-0.1, -0.05) is 30.3 Å². The minimum atomic E-state index is -0.701. The summed E-state index contributed by atoms with van der Waals surface area (Å²) < 4.78 is 29.8. The van der Waals surface area contributed by atoms with Crippen LogP contribution in [0.4, 0.5) is 4.39 Å². The van der Waals surface area contributed by atoms with E-state index in [9.17, 15) is 9.50 Å². The lowest BCUT2D eigenvalue weighted by molar-refractivity contribution is 0.0553. The third-order valence-electron chi connectivity index (χ3n) is 5.79. The van der Waals surface area contributed by atoms with E-state index in [1.165, 1.54) is 17.7 Å². The van der Waals surface area contributed by atoms with Crippen molar-refractivity contribution >= 4 is 0 Å². The van der Waals surface area contributed by atoms with E-state index in [1.54, 1.807) is 26.4 Å². The Morgan fingerprint density at radius 1 is 1.00 bits per heavy atom. The van der Waals surface area contributed by atoms with Gasteiger partial charge < -0.3 is 19.3 Å². The molecule has 32 heavy (non-hydrogen) atoms. The fourth-order valence-electron chi connectivity index (χ4n) is 4.27. The number of benzene rings is 3. The average molecular weight is 438 g/mol. The highest BCUT2D eigenvalue weighted by atomic mass is 19.1. The van der Waals surface area contributed by atoms with E-state index < -0.39 is 6.10 Å². The average Bonchev–Trinajstić information content (AvgIpc) is 2.83. The van der Waals surface area contributed by atoms with E-state index >= 15 is 0 Å². The summed E-state index contributed by atoms with van der Waals surface area (Å²) >= 11 is 0. The highest BCUT2D eigenvalue weighted by Gasteiger charge is 2.31. The molecule has 0 bridgehead atoms. The van der Waals surface area contributed by atoms with E-state index in [2.05, 4.69) is 23.1 Å². The zero-order chi connectivity index (χ0) is 22.5. The van der Waals surface area contributed by atoms with Gasteiger partial charge in [-0.05, 0) is 59.5 Å². The largest absolute Gasteiger partial charge is 0.493 e. The number of β-amino-alcohol motifs (C(OH)–C–C–N with tert-alkyl or cyclic N) is 1. The third-order valence-corrected chi connectivity index (χ3v) is 5.79. The van der Waals surface area contributed by atoms with Gasteiger partial charge in [-0.2, -0.15) is 0 Å². The SMILES string of the molecule is COc1cc2c(cc1OC)C(c1ccccc1)N(CC(O)COc1ccc(F)cc1)CC2. The van der Waals surface area contributed by atoms with Crippen molar-refractivity contribution in [1.82, 2.24) is 4.90 Å². The van der Waals surface area contributed by atoms with Gasteiger partial charge in [0, 0.05) is 13.1 Å². The first-order valence-electron chi connectivity index (χ1n) is 10.7. The maximum Gasteiger partial charge on any atom is 0.161 e. The molecule has 1 aliphatic heterocycles. The lowest BCUT2D eigenvalue weighted by Gasteiger charge is -2.39. The van der Waals surface area contributed by atoms with Crippen molar-refractivity contribution in [3.05, 3.63) is 89.2 Å². The van der Waals surface area contributed by atoms with E-state index in [1.807, 2.05) is 24.3 Å². The fourth-order valence-corrected chi connectivity index (χ4v) is 4.27. The first-order chi connectivity index (χ1) is 15.6. The summed E-state index contributed by atoms with van der Waals surface area (Å²) in [6.45, 7) is 1.35. The molecule has 3 aromatic rings. The molecule has 1 aliphatic rings. The van der Waals surface area contributed by atoms with Crippen LogP contribution in [0.3, 0.4) is 0 Å². The minimum absolute atomic E-state index is 0.0276. The standard InChI is InChI=1S/C26H28FNO4/c1-30-24-14-19-12-13-28(16-21(29)17-32-22-10-8-20(27)9-11-22)26(18-6-4-3-5-7-18)23(19)15-25(24)31-2/h3-11,14-15,21,26,29H,12-13,16-17H2,1-2H3. The van der Waals surface area contributed by atoms with Crippen LogP contribution in [0.25, 0.3) is 0 Å². The number of rotatable bonds is 8. The number of aliphatic hydroxyl groups is 1. The van der Waals surface area contributed by atoms with Crippen LogP contribution in [0.5, 0.6) is 17.2 Å². The van der Waals surface area contributed by atoms with E-state index in [0.29, 0.717) is 18.0 Å². The van der Waals surface area contributed by atoms with Crippen molar-refractivity contribution in [3.63, 3.8) is 0 Å². The summed E-state index contributed by atoms with van der Waals surface area (Å²) in [5.41, 5.74) is 3.50. The van der Waals surface area contributed by atoms with Crippen molar-refractivity contribution in [3.8, 4) is 17.2 Å². The first kappa shape index (κ1) is 22.1. The van der Waals surface area contributed by atoms with Crippen LogP contribution in [0.1, 0.15) is 22.7 Å². The Bertz CT molecular complexity index is 1030. The number of hydrogen-bond acceptors (Lipinski definition) is 5. The molecular formula is C26H28FNO4. The number of nitrogens with zero attached hydrogens (tertiary/aromatic N) is 1. The number of fused-ring (bicyclic) bond motifs is 1. The maximum absolute atomic E-state index is 13.1. The molecule has 0 fully saturated rings. The Hall–Kier alpha value is -3.09. The molecule has 0 saturated carbocycles. The van der Waals surface area contributed by atoms with Crippen LogP contribution in [-0.2, 0) is 6.42 Å². The molecule has 0 amide bonds. The maximum atomic E-state index is 13.1. The smallest absolute Gasteiger partial charge is 0.161 e. The Labute approximate surface area is 188 Å². The second kappa shape index (κ2) is 10.0. The summed E-state index contributed by atoms with van der Waals surface area (Å²) in [6, 6.07) is 20.1.